The summed E-state index contributed by atoms with van der Waals surface area (Å²) in [5.74, 6) is -0.928. The van der Waals surface area contributed by atoms with Crippen LogP contribution in [0.1, 0.15) is 34.1 Å². The molecule has 0 fully saturated rings. The van der Waals surface area contributed by atoms with Gasteiger partial charge in [0.2, 0.25) is 0 Å². The van der Waals surface area contributed by atoms with E-state index in [1.54, 1.807) is 25.9 Å². The monoisotopic (exact) mass is 247 g/mol. The highest BCUT2D eigenvalue weighted by Gasteiger charge is 2.34. The van der Waals surface area contributed by atoms with Gasteiger partial charge < -0.3 is 15.5 Å². The fraction of sp³-hybridized carbons (Fsp3) is 0.909. The van der Waals surface area contributed by atoms with Crippen molar-refractivity contribution in [3.05, 3.63) is 0 Å². The fourth-order valence-electron chi connectivity index (χ4n) is 1.35. The van der Waals surface area contributed by atoms with E-state index in [9.17, 15) is 9.90 Å². The molecule has 0 aliphatic carbocycles. The Kier molecular flexibility index (Phi) is 6.62. The first-order chi connectivity index (χ1) is 7.82. The third-order valence-corrected chi connectivity index (χ3v) is 3.13. The van der Waals surface area contributed by atoms with Crippen LogP contribution in [0.2, 0.25) is 0 Å². The summed E-state index contributed by atoms with van der Waals surface area (Å²) in [6.07, 6.45) is -0.352. The van der Waals surface area contributed by atoms with Crippen molar-refractivity contribution in [1.82, 2.24) is 15.8 Å². The minimum Gasteiger partial charge on any atom is -0.480 e. The Labute approximate surface area is 103 Å². The molecule has 0 aromatic heterocycles. The molecular weight excluding hydrogens is 222 g/mol. The van der Waals surface area contributed by atoms with Gasteiger partial charge in [0.1, 0.15) is 11.8 Å². The molecule has 0 aromatic rings. The Morgan fingerprint density at radius 2 is 2.00 bits per heavy atom. The number of rotatable bonds is 8. The number of aliphatic carboxylic acids is 1. The van der Waals surface area contributed by atoms with E-state index in [0.717, 1.165) is 0 Å². The second-order valence-corrected chi connectivity index (χ2v) is 4.38. The number of aliphatic hydroxyl groups excluding tert-OH is 1. The van der Waals surface area contributed by atoms with Crippen LogP contribution in [0, 0.1) is 0 Å². The molecule has 0 spiro atoms. The van der Waals surface area contributed by atoms with Gasteiger partial charge in [-0.3, -0.25) is 4.79 Å². The van der Waals surface area contributed by atoms with Crippen LogP contribution >= 0.6 is 0 Å². The van der Waals surface area contributed by atoms with Gasteiger partial charge in [-0.05, 0) is 27.3 Å². The van der Waals surface area contributed by atoms with E-state index < -0.39 is 17.7 Å². The molecule has 3 unspecified atom stereocenters. The fourth-order valence-corrected chi connectivity index (χ4v) is 1.35. The number of hydrazine groups is 1. The molecular formula is C11H25N3O3. The maximum atomic E-state index is 11.2. The average molecular weight is 247 g/mol. The summed E-state index contributed by atoms with van der Waals surface area (Å²) in [4.78, 5) is 11.2. The Balaban J connectivity index is 4.74. The Morgan fingerprint density at radius 3 is 2.29 bits per heavy atom. The van der Waals surface area contributed by atoms with Crippen LogP contribution in [-0.4, -0.2) is 52.6 Å². The Morgan fingerprint density at radius 1 is 1.47 bits per heavy atom. The molecule has 0 aliphatic rings. The van der Waals surface area contributed by atoms with Gasteiger partial charge in [0.15, 0.2) is 0 Å². The second kappa shape index (κ2) is 6.90. The van der Waals surface area contributed by atoms with Crippen molar-refractivity contribution < 1.29 is 15.0 Å². The number of hydrogen-bond donors (Lipinski definition) is 4. The number of carboxylic acid groups (broad SMARTS) is 1. The van der Waals surface area contributed by atoms with Crippen molar-refractivity contribution >= 4 is 5.97 Å². The summed E-state index contributed by atoms with van der Waals surface area (Å²) in [6, 6.07) is -0.155. The van der Waals surface area contributed by atoms with E-state index in [1.807, 2.05) is 13.8 Å². The largest absolute Gasteiger partial charge is 0.480 e. The molecule has 0 aliphatic heterocycles. The van der Waals surface area contributed by atoms with Crippen LogP contribution in [0.4, 0.5) is 0 Å². The first kappa shape index (κ1) is 16.3. The lowest BCUT2D eigenvalue weighted by molar-refractivity contribution is -0.151. The number of carboxylic acids is 1. The maximum Gasteiger partial charge on any atom is 0.324 e. The van der Waals surface area contributed by atoms with Crippen LogP contribution in [0.5, 0.6) is 0 Å². The smallest absolute Gasteiger partial charge is 0.324 e. The van der Waals surface area contributed by atoms with Gasteiger partial charge in [-0.2, -0.15) is 0 Å². The van der Waals surface area contributed by atoms with Crippen molar-refractivity contribution in [2.24, 2.45) is 0 Å². The summed E-state index contributed by atoms with van der Waals surface area (Å²) in [6.45, 7) is 7.60. The van der Waals surface area contributed by atoms with Crippen LogP contribution < -0.4 is 10.7 Å². The van der Waals surface area contributed by atoms with E-state index in [-0.39, 0.29) is 6.04 Å². The van der Waals surface area contributed by atoms with Crippen LogP contribution in [0.15, 0.2) is 0 Å². The van der Waals surface area contributed by atoms with Crippen molar-refractivity contribution in [3.63, 3.8) is 0 Å². The number of nitrogens with zero attached hydrogens (tertiary/aromatic N) is 1. The van der Waals surface area contributed by atoms with E-state index >= 15 is 0 Å². The van der Waals surface area contributed by atoms with Crippen molar-refractivity contribution in [2.45, 2.75) is 51.9 Å². The van der Waals surface area contributed by atoms with E-state index in [1.165, 1.54) is 0 Å². The minimum absolute atomic E-state index is 0.155. The topological polar surface area (TPSA) is 84.8 Å². The zero-order valence-corrected chi connectivity index (χ0v) is 11.3. The SMILES string of the molecule is CCN(NC(C)(CC)C(=O)O)C(O)C(C)NC. The van der Waals surface area contributed by atoms with Crippen molar-refractivity contribution in [2.75, 3.05) is 13.6 Å². The molecule has 4 N–H and O–H groups in total. The zero-order valence-electron chi connectivity index (χ0n) is 11.3. The molecule has 0 aromatic carbocycles. The summed E-state index contributed by atoms with van der Waals surface area (Å²) in [5.41, 5.74) is 1.82. The molecule has 0 amide bonds. The maximum absolute atomic E-state index is 11.2. The van der Waals surface area contributed by atoms with Gasteiger partial charge >= 0.3 is 5.97 Å². The van der Waals surface area contributed by atoms with Crippen molar-refractivity contribution in [3.8, 4) is 0 Å². The summed E-state index contributed by atoms with van der Waals surface area (Å²) < 4.78 is 0. The van der Waals surface area contributed by atoms with Gasteiger partial charge in [-0.15, -0.1) is 0 Å². The van der Waals surface area contributed by atoms with Gasteiger partial charge in [-0.25, -0.2) is 10.4 Å². The Bertz CT molecular complexity index is 250. The molecule has 6 heteroatoms. The lowest BCUT2D eigenvalue weighted by Crippen LogP contribution is -2.62. The number of nitrogens with one attached hydrogen (secondary N) is 2. The zero-order chi connectivity index (χ0) is 13.6. The number of likely N-dealkylation sites (N-methyl/N-ethyl adjacent to an activating group) is 2. The number of hydrogen-bond acceptors (Lipinski definition) is 5. The summed E-state index contributed by atoms with van der Waals surface area (Å²) in [5, 5.41) is 23.7. The van der Waals surface area contributed by atoms with E-state index in [2.05, 4.69) is 10.7 Å². The third-order valence-electron chi connectivity index (χ3n) is 3.13. The van der Waals surface area contributed by atoms with Crippen molar-refractivity contribution in [1.29, 1.82) is 0 Å². The average Bonchev–Trinajstić information content (AvgIpc) is 2.33. The summed E-state index contributed by atoms with van der Waals surface area (Å²) >= 11 is 0. The molecule has 0 bridgehead atoms. The molecule has 6 nitrogen and oxygen atoms in total. The van der Waals surface area contributed by atoms with Crippen LogP contribution in [0.3, 0.4) is 0 Å². The third kappa shape index (κ3) is 4.23. The quantitative estimate of drug-likeness (QED) is 0.357. The lowest BCUT2D eigenvalue weighted by Gasteiger charge is -2.37. The molecule has 0 saturated carbocycles. The van der Waals surface area contributed by atoms with Crippen LogP contribution in [0.25, 0.3) is 0 Å². The molecule has 0 rings (SSSR count). The molecule has 17 heavy (non-hydrogen) atoms. The molecule has 0 saturated heterocycles. The Hall–Kier alpha value is -0.690. The van der Waals surface area contributed by atoms with Crippen LogP contribution in [-0.2, 0) is 4.79 Å². The second-order valence-electron chi connectivity index (χ2n) is 4.38. The summed E-state index contributed by atoms with van der Waals surface area (Å²) in [7, 11) is 1.75. The first-order valence-corrected chi connectivity index (χ1v) is 5.95. The number of carbonyl (C=O) groups is 1. The van der Waals surface area contributed by atoms with Gasteiger partial charge in [0, 0.05) is 12.6 Å². The van der Waals surface area contributed by atoms with Gasteiger partial charge in [0.25, 0.3) is 0 Å². The van der Waals surface area contributed by atoms with E-state index in [4.69, 9.17) is 5.11 Å². The molecule has 102 valence electrons. The predicted molar refractivity (Wildman–Crippen MR) is 66.4 cm³/mol. The lowest BCUT2D eigenvalue weighted by atomic mass is 10.0. The highest BCUT2D eigenvalue weighted by molar-refractivity contribution is 5.77. The first-order valence-electron chi connectivity index (χ1n) is 5.95. The molecule has 3 atom stereocenters. The van der Waals surface area contributed by atoms with E-state index in [0.29, 0.717) is 13.0 Å². The highest BCUT2D eigenvalue weighted by atomic mass is 16.4. The normalized spacial score (nSPS) is 18.8. The van der Waals surface area contributed by atoms with Gasteiger partial charge in [-0.1, -0.05) is 13.8 Å². The number of aliphatic hydroxyl groups is 1. The minimum atomic E-state index is -1.07. The van der Waals surface area contributed by atoms with Gasteiger partial charge in [0.05, 0.1) is 0 Å². The highest BCUT2D eigenvalue weighted by Crippen LogP contribution is 2.12. The molecule has 0 heterocycles. The molecule has 0 radical (unpaired) electrons. The predicted octanol–water partition coefficient (Wildman–Crippen LogP) is -0.00750. The standard InChI is InChI=1S/C11H25N3O3/c1-6-11(4,10(16)17)13-14(7-2)9(15)8(3)12-5/h8-9,12-13,15H,6-7H2,1-5H3,(H,16,17).